The van der Waals surface area contributed by atoms with Gasteiger partial charge in [0.25, 0.3) is 5.91 Å². The van der Waals surface area contributed by atoms with E-state index in [1.165, 1.54) is 12.1 Å². The number of benzene rings is 1. The predicted octanol–water partition coefficient (Wildman–Crippen LogP) is 1.47. The van der Waals surface area contributed by atoms with Crippen molar-refractivity contribution in [2.75, 3.05) is 13.2 Å². The summed E-state index contributed by atoms with van der Waals surface area (Å²) in [5.74, 6) is 3.94. The second-order valence-corrected chi connectivity index (χ2v) is 4.97. The third-order valence-corrected chi connectivity index (χ3v) is 3.41. The fourth-order valence-corrected chi connectivity index (χ4v) is 2.29. The number of rotatable bonds is 3. The molecular weight excluding hydrogens is 273 g/mol. The first-order chi connectivity index (χ1) is 10.1. The van der Waals surface area contributed by atoms with Gasteiger partial charge in [0.05, 0.1) is 17.7 Å². The Morgan fingerprint density at radius 1 is 1.62 bits per heavy atom. The molecule has 2 unspecified atom stereocenters. The van der Waals surface area contributed by atoms with Gasteiger partial charge in [-0.1, -0.05) is 11.8 Å². The minimum absolute atomic E-state index is 0.00768. The summed E-state index contributed by atoms with van der Waals surface area (Å²) in [7, 11) is 0. The Balaban J connectivity index is 2.05. The van der Waals surface area contributed by atoms with Crippen LogP contribution in [0.5, 0.6) is 0 Å². The smallest absolute Gasteiger partial charge is 0.254 e. The summed E-state index contributed by atoms with van der Waals surface area (Å²) < 4.78 is 19.4. The third kappa shape index (κ3) is 4.03. The van der Waals surface area contributed by atoms with Crippen LogP contribution in [0.15, 0.2) is 18.2 Å². The summed E-state index contributed by atoms with van der Waals surface area (Å²) in [4.78, 5) is 12.1. The molecule has 1 saturated heterocycles. The molecule has 1 aliphatic heterocycles. The van der Waals surface area contributed by atoms with Gasteiger partial charge in [-0.3, -0.25) is 4.79 Å². The number of nitrogens with one attached hydrogen (secondary N) is 1. The van der Waals surface area contributed by atoms with Crippen LogP contribution in [0.4, 0.5) is 4.39 Å². The molecule has 5 heteroatoms. The second kappa shape index (κ2) is 7.21. The molecule has 0 radical (unpaired) electrons. The highest BCUT2D eigenvalue weighted by atomic mass is 19.1. The number of aliphatic hydroxyl groups is 1. The second-order valence-electron chi connectivity index (χ2n) is 4.97. The number of carbonyl (C=O) groups excluding carboxylic acids is 1. The largest absolute Gasteiger partial charge is 0.384 e. The van der Waals surface area contributed by atoms with Gasteiger partial charge in [-0.25, -0.2) is 4.39 Å². The summed E-state index contributed by atoms with van der Waals surface area (Å²) in [6.07, 6.45) is 1.88. The first-order valence-electron chi connectivity index (χ1n) is 6.93. The minimum atomic E-state index is -0.628. The van der Waals surface area contributed by atoms with E-state index in [1.54, 1.807) is 6.07 Å². The van der Waals surface area contributed by atoms with Crippen molar-refractivity contribution in [3.8, 4) is 11.8 Å². The van der Waals surface area contributed by atoms with E-state index in [9.17, 15) is 9.18 Å². The minimum Gasteiger partial charge on any atom is -0.384 e. The molecule has 1 heterocycles. The van der Waals surface area contributed by atoms with E-state index in [0.717, 1.165) is 12.8 Å². The van der Waals surface area contributed by atoms with E-state index >= 15 is 0 Å². The van der Waals surface area contributed by atoms with E-state index in [-0.39, 0.29) is 24.3 Å². The normalized spacial score (nSPS) is 18.7. The van der Waals surface area contributed by atoms with E-state index in [0.29, 0.717) is 12.2 Å². The van der Waals surface area contributed by atoms with E-state index in [4.69, 9.17) is 9.84 Å². The van der Waals surface area contributed by atoms with Crippen molar-refractivity contribution in [1.82, 2.24) is 5.32 Å². The first kappa shape index (κ1) is 15.5. The molecule has 2 N–H and O–H groups in total. The maximum Gasteiger partial charge on any atom is 0.254 e. The number of aliphatic hydroxyl groups excluding tert-OH is 1. The maximum atomic E-state index is 13.9. The zero-order valence-electron chi connectivity index (χ0n) is 11.9. The van der Waals surface area contributed by atoms with Crippen LogP contribution in [0.25, 0.3) is 0 Å². The standard InChI is InChI=1S/C16H18FNO3/c1-11(15-5-3-9-21-15)18-16(20)13-7-6-12(4-2-8-19)10-14(13)17/h6-7,10-11,15,19H,3,5,8-9H2,1H3,(H,18,20). The lowest BCUT2D eigenvalue weighted by molar-refractivity contribution is 0.0710. The Bertz CT molecular complexity index is 571. The fraction of sp³-hybridized carbons (Fsp3) is 0.438. The number of hydrogen-bond donors (Lipinski definition) is 2. The lowest BCUT2D eigenvalue weighted by atomic mass is 10.1. The van der Waals surface area contributed by atoms with Crippen LogP contribution in [0.2, 0.25) is 0 Å². The number of halogens is 1. The molecule has 1 aliphatic rings. The summed E-state index contributed by atoms with van der Waals surface area (Å²) in [5, 5.41) is 11.4. The fourth-order valence-electron chi connectivity index (χ4n) is 2.29. The highest BCUT2D eigenvalue weighted by Crippen LogP contribution is 2.16. The number of hydrogen-bond acceptors (Lipinski definition) is 3. The third-order valence-electron chi connectivity index (χ3n) is 3.41. The van der Waals surface area contributed by atoms with Crippen molar-refractivity contribution in [2.45, 2.75) is 31.9 Å². The van der Waals surface area contributed by atoms with Crippen LogP contribution in [0.3, 0.4) is 0 Å². The molecule has 1 amide bonds. The van der Waals surface area contributed by atoms with Gasteiger partial charge in [0, 0.05) is 12.2 Å². The molecule has 1 aromatic rings. The zero-order chi connectivity index (χ0) is 15.2. The predicted molar refractivity (Wildman–Crippen MR) is 76.3 cm³/mol. The average molecular weight is 291 g/mol. The van der Waals surface area contributed by atoms with E-state index in [1.807, 2.05) is 6.92 Å². The highest BCUT2D eigenvalue weighted by Gasteiger charge is 2.24. The Labute approximate surface area is 123 Å². The van der Waals surface area contributed by atoms with Crippen molar-refractivity contribution in [3.05, 3.63) is 35.1 Å². The van der Waals surface area contributed by atoms with Gasteiger partial charge in [-0.2, -0.15) is 0 Å². The molecule has 0 saturated carbocycles. The van der Waals surface area contributed by atoms with E-state index in [2.05, 4.69) is 17.2 Å². The van der Waals surface area contributed by atoms with Gasteiger partial charge in [0.15, 0.2) is 0 Å². The van der Waals surface area contributed by atoms with Crippen molar-refractivity contribution in [1.29, 1.82) is 0 Å². The van der Waals surface area contributed by atoms with Crippen LogP contribution in [0, 0.1) is 17.7 Å². The molecule has 1 aromatic carbocycles. The van der Waals surface area contributed by atoms with Crippen molar-refractivity contribution >= 4 is 5.91 Å². The van der Waals surface area contributed by atoms with Gasteiger partial charge in [0.2, 0.25) is 0 Å². The summed E-state index contributed by atoms with van der Waals surface area (Å²) in [5.41, 5.74) is 0.402. The van der Waals surface area contributed by atoms with Crippen LogP contribution in [-0.2, 0) is 4.74 Å². The van der Waals surface area contributed by atoms with Gasteiger partial charge in [-0.05, 0) is 38.0 Å². The van der Waals surface area contributed by atoms with Gasteiger partial charge >= 0.3 is 0 Å². The SMILES string of the molecule is CC(NC(=O)c1ccc(C#CCO)cc1F)C1CCCO1. The maximum absolute atomic E-state index is 13.9. The zero-order valence-corrected chi connectivity index (χ0v) is 11.9. The Morgan fingerprint density at radius 3 is 3.05 bits per heavy atom. The first-order valence-corrected chi connectivity index (χ1v) is 6.93. The van der Waals surface area contributed by atoms with Crippen LogP contribution in [0.1, 0.15) is 35.7 Å². The van der Waals surface area contributed by atoms with Crippen molar-refractivity contribution < 1.29 is 19.0 Å². The summed E-state index contributed by atoms with van der Waals surface area (Å²) >= 11 is 0. The molecular formula is C16H18FNO3. The van der Waals surface area contributed by atoms with Gasteiger partial charge in [0.1, 0.15) is 12.4 Å². The molecule has 1 fully saturated rings. The topological polar surface area (TPSA) is 58.6 Å². The van der Waals surface area contributed by atoms with Crippen molar-refractivity contribution in [2.24, 2.45) is 0 Å². The summed E-state index contributed by atoms with van der Waals surface area (Å²) in [6.45, 7) is 2.27. The number of ether oxygens (including phenoxy) is 1. The molecule has 0 spiro atoms. The number of carbonyl (C=O) groups is 1. The van der Waals surface area contributed by atoms with Crippen LogP contribution >= 0.6 is 0 Å². The molecule has 0 bridgehead atoms. The quantitative estimate of drug-likeness (QED) is 0.829. The monoisotopic (exact) mass is 291 g/mol. The van der Waals surface area contributed by atoms with Gasteiger partial charge < -0.3 is 15.2 Å². The van der Waals surface area contributed by atoms with Crippen molar-refractivity contribution in [3.63, 3.8) is 0 Å². The Morgan fingerprint density at radius 2 is 2.43 bits per heavy atom. The van der Waals surface area contributed by atoms with Gasteiger partial charge in [-0.15, -0.1) is 0 Å². The lowest BCUT2D eigenvalue weighted by Crippen LogP contribution is -2.41. The lowest BCUT2D eigenvalue weighted by Gasteiger charge is -2.20. The molecule has 21 heavy (non-hydrogen) atoms. The molecule has 2 rings (SSSR count). The molecule has 4 nitrogen and oxygen atoms in total. The molecule has 2 atom stereocenters. The van der Waals surface area contributed by atoms with Crippen LogP contribution < -0.4 is 5.32 Å². The molecule has 112 valence electrons. The highest BCUT2D eigenvalue weighted by molar-refractivity contribution is 5.94. The van der Waals surface area contributed by atoms with Crippen LogP contribution in [-0.4, -0.2) is 36.4 Å². The number of amides is 1. The van der Waals surface area contributed by atoms with E-state index < -0.39 is 11.7 Å². The molecule has 0 aromatic heterocycles. The average Bonchev–Trinajstić information content (AvgIpc) is 2.99. The Kier molecular flexibility index (Phi) is 5.32. The summed E-state index contributed by atoms with van der Waals surface area (Å²) in [6, 6.07) is 3.98. The molecule has 0 aliphatic carbocycles. The Hall–Kier alpha value is -1.90.